The molecule has 4 heteroatoms. The van der Waals surface area contributed by atoms with Crippen LogP contribution in [0.15, 0.2) is 54.9 Å². The highest BCUT2D eigenvalue weighted by Gasteiger charge is 2.02. The van der Waals surface area contributed by atoms with Gasteiger partial charge in [0.05, 0.1) is 12.1 Å². The lowest BCUT2D eigenvalue weighted by Gasteiger charge is -2.10. The van der Waals surface area contributed by atoms with E-state index in [0.717, 1.165) is 48.5 Å². The van der Waals surface area contributed by atoms with Crippen LogP contribution in [0.3, 0.4) is 0 Å². The Morgan fingerprint density at radius 1 is 0.960 bits per heavy atom. The molecule has 3 aromatic rings. The van der Waals surface area contributed by atoms with Gasteiger partial charge >= 0.3 is 0 Å². The third-order valence-electron chi connectivity index (χ3n) is 4.22. The number of para-hydroxylation sites is 1. The van der Waals surface area contributed by atoms with Gasteiger partial charge in [0.25, 0.3) is 0 Å². The van der Waals surface area contributed by atoms with E-state index in [1.807, 2.05) is 24.3 Å². The number of anilines is 1. The van der Waals surface area contributed by atoms with Crippen molar-refractivity contribution in [1.29, 1.82) is 0 Å². The quantitative estimate of drug-likeness (QED) is 0.587. The number of ether oxygens (including phenoxy) is 1. The molecule has 3 rings (SSSR count). The van der Waals surface area contributed by atoms with Crippen LogP contribution in [0.25, 0.3) is 10.9 Å². The molecule has 0 aliphatic rings. The van der Waals surface area contributed by atoms with Crippen LogP contribution in [0.4, 0.5) is 5.82 Å². The Bertz CT molecular complexity index is 794. The first kappa shape index (κ1) is 17.2. The zero-order chi connectivity index (χ0) is 17.5. The van der Waals surface area contributed by atoms with Gasteiger partial charge < -0.3 is 10.1 Å². The third kappa shape index (κ3) is 4.69. The number of nitrogens with one attached hydrogen (secondary N) is 1. The lowest BCUT2D eigenvalue weighted by Crippen LogP contribution is -2.06. The Labute approximate surface area is 149 Å². The molecule has 0 saturated carbocycles. The van der Waals surface area contributed by atoms with Crippen molar-refractivity contribution in [1.82, 2.24) is 9.97 Å². The fraction of sp³-hybridized carbons (Fsp3) is 0.333. The first-order valence-electron chi connectivity index (χ1n) is 8.90. The lowest BCUT2D eigenvalue weighted by atomic mass is 10.0. The Balaban J connectivity index is 1.40. The van der Waals surface area contributed by atoms with E-state index in [0.29, 0.717) is 5.92 Å². The normalized spacial score (nSPS) is 11.0. The van der Waals surface area contributed by atoms with Crippen LogP contribution >= 0.6 is 0 Å². The zero-order valence-corrected chi connectivity index (χ0v) is 14.9. The summed E-state index contributed by atoms with van der Waals surface area (Å²) in [6.45, 7) is 6.00. The SMILES string of the molecule is CC(C)c1ccc(OCCCCNc2ncnc3ccccc23)cc1. The van der Waals surface area contributed by atoms with Crippen LogP contribution < -0.4 is 10.1 Å². The highest BCUT2D eigenvalue weighted by atomic mass is 16.5. The molecular formula is C21H25N3O. The van der Waals surface area contributed by atoms with Gasteiger partial charge in [0.2, 0.25) is 0 Å². The van der Waals surface area contributed by atoms with Crippen molar-refractivity contribution < 1.29 is 4.74 Å². The number of aromatic nitrogens is 2. The maximum Gasteiger partial charge on any atom is 0.137 e. The number of benzene rings is 2. The standard InChI is InChI=1S/C21H25N3O/c1-16(2)17-9-11-18(12-10-17)25-14-6-5-13-22-21-19-7-3-4-8-20(19)23-15-24-21/h3-4,7-12,15-16H,5-6,13-14H2,1-2H3,(H,22,23,24). The predicted molar refractivity (Wildman–Crippen MR) is 103 cm³/mol. The summed E-state index contributed by atoms with van der Waals surface area (Å²) in [5.41, 5.74) is 2.31. The molecule has 2 aromatic carbocycles. The smallest absolute Gasteiger partial charge is 0.137 e. The molecule has 0 spiro atoms. The van der Waals surface area contributed by atoms with Gasteiger partial charge in [0, 0.05) is 11.9 Å². The number of fused-ring (bicyclic) bond motifs is 1. The topological polar surface area (TPSA) is 47.0 Å². The fourth-order valence-electron chi connectivity index (χ4n) is 2.72. The van der Waals surface area contributed by atoms with Crippen LogP contribution in [0.5, 0.6) is 5.75 Å². The van der Waals surface area contributed by atoms with Gasteiger partial charge in [0.15, 0.2) is 0 Å². The van der Waals surface area contributed by atoms with Crippen LogP contribution in [0.1, 0.15) is 38.2 Å². The second-order valence-electron chi connectivity index (χ2n) is 6.45. The number of nitrogens with zero attached hydrogens (tertiary/aromatic N) is 2. The van der Waals surface area contributed by atoms with E-state index in [1.165, 1.54) is 5.56 Å². The zero-order valence-electron chi connectivity index (χ0n) is 14.9. The highest BCUT2D eigenvalue weighted by Crippen LogP contribution is 2.19. The molecular weight excluding hydrogens is 310 g/mol. The molecule has 0 amide bonds. The molecule has 0 unspecified atom stereocenters. The van der Waals surface area contributed by atoms with Gasteiger partial charge in [-0.05, 0) is 48.6 Å². The van der Waals surface area contributed by atoms with Crippen LogP contribution in [0, 0.1) is 0 Å². The Kier molecular flexibility index (Phi) is 5.83. The van der Waals surface area contributed by atoms with E-state index in [2.05, 4.69) is 53.4 Å². The summed E-state index contributed by atoms with van der Waals surface area (Å²) in [5, 5.41) is 4.46. The van der Waals surface area contributed by atoms with Crippen molar-refractivity contribution in [2.45, 2.75) is 32.6 Å². The Hall–Kier alpha value is -2.62. The molecule has 0 atom stereocenters. The van der Waals surface area contributed by atoms with E-state index in [-0.39, 0.29) is 0 Å². The summed E-state index contributed by atoms with van der Waals surface area (Å²) < 4.78 is 5.81. The van der Waals surface area contributed by atoms with E-state index in [1.54, 1.807) is 6.33 Å². The van der Waals surface area contributed by atoms with Gasteiger partial charge in [-0.1, -0.05) is 38.1 Å². The summed E-state index contributed by atoms with van der Waals surface area (Å²) in [6.07, 6.45) is 3.64. The largest absolute Gasteiger partial charge is 0.494 e. The first-order chi connectivity index (χ1) is 12.2. The van der Waals surface area contributed by atoms with Gasteiger partial charge in [-0.15, -0.1) is 0 Å². The lowest BCUT2D eigenvalue weighted by molar-refractivity contribution is 0.308. The van der Waals surface area contributed by atoms with Crippen LogP contribution in [0.2, 0.25) is 0 Å². The molecule has 1 N–H and O–H groups in total. The first-order valence-corrected chi connectivity index (χ1v) is 8.90. The van der Waals surface area contributed by atoms with E-state index < -0.39 is 0 Å². The maximum absolute atomic E-state index is 5.81. The number of hydrogen-bond donors (Lipinski definition) is 1. The molecule has 0 saturated heterocycles. The van der Waals surface area contributed by atoms with Gasteiger partial charge in [-0.25, -0.2) is 9.97 Å². The Morgan fingerprint density at radius 2 is 1.76 bits per heavy atom. The van der Waals surface area contributed by atoms with Crippen molar-refractivity contribution in [3.05, 3.63) is 60.4 Å². The molecule has 25 heavy (non-hydrogen) atoms. The predicted octanol–water partition coefficient (Wildman–Crippen LogP) is 5.02. The van der Waals surface area contributed by atoms with Crippen LogP contribution in [-0.4, -0.2) is 23.1 Å². The van der Waals surface area contributed by atoms with Crippen LogP contribution in [-0.2, 0) is 0 Å². The van der Waals surface area contributed by atoms with E-state index >= 15 is 0 Å². The maximum atomic E-state index is 5.81. The molecule has 130 valence electrons. The molecule has 1 heterocycles. The Morgan fingerprint density at radius 3 is 2.56 bits per heavy atom. The summed E-state index contributed by atoms with van der Waals surface area (Å²) in [7, 11) is 0. The second-order valence-corrected chi connectivity index (χ2v) is 6.45. The van der Waals surface area contributed by atoms with Crippen molar-refractivity contribution >= 4 is 16.7 Å². The number of hydrogen-bond acceptors (Lipinski definition) is 4. The van der Waals surface area contributed by atoms with Gasteiger partial charge in [-0.3, -0.25) is 0 Å². The molecule has 1 aromatic heterocycles. The summed E-state index contributed by atoms with van der Waals surface area (Å²) in [5.74, 6) is 2.40. The van der Waals surface area contributed by atoms with E-state index in [4.69, 9.17) is 4.74 Å². The fourth-order valence-corrected chi connectivity index (χ4v) is 2.72. The molecule has 0 bridgehead atoms. The van der Waals surface area contributed by atoms with Crippen molar-refractivity contribution in [3.63, 3.8) is 0 Å². The summed E-state index contributed by atoms with van der Waals surface area (Å²) in [4.78, 5) is 8.62. The molecule has 4 nitrogen and oxygen atoms in total. The molecule has 0 fully saturated rings. The molecule has 0 radical (unpaired) electrons. The van der Waals surface area contributed by atoms with E-state index in [9.17, 15) is 0 Å². The van der Waals surface area contributed by atoms with Crippen molar-refractivity contribution in [3.8, 4) is 5.75 Å². The average Bonchev–Trinajstić information content (AvgIpc) is 2.65. The third-order valence-corrected chi connectivity index (χ3v) is 4.22. The molecule has 0 aliphatic heterocycles. The summed E-state index contributed by atoms with van der Waals surface area (Å²) >= 11 is 0. The minimum Gasteiger partial charge on any atom is -0.494 e. The highest BCUT2D eigenvalue weighted by molar-refractivity contribution is 5.88. The van der Waals surface area contributed by atoms with Crippen molar-refractivity contribution in [2.75, 3.05) is 18.5 Å². The average molecular weight is 335 g/mol. The molecule has 0 aliphatic carbocycles. The minimum absolute atomic E-state index is 0.554. The van der Waals surface area contributed by atoms with Gasteiger partial charge in [0.1, 0.15) is 17.9 Å². The van der Waals surface area contributed by atoms with Gasteiger partial charge in [-0.2, -0.15) is 0 Å². The minimum atomic E-state index is 0.554. The summed E-state index contributed by atoms with van der Waals surface area (Å²) in [6, 6.07) is 16.4. The van der Waals surface area contributed by atoms with Crippen molar-refractivity contribution in [2.24, 2.45) is 0 Å². The number of unbranched alkanes of at least 4 members (excludes halogenated alkanes) is 1. The second kappa shape index (κ2) is 8.47. The monoisotopic (exact) mass is 335 g/mol. The number of rotatable bonds is 8.